The number of nitrogens with zero attached hydrogens (tertiary/aromatic N) is 1. The number of primary amides is 1. The Morgan fingerprint density at radius 1 is 1.11 bits per heavy atom. The molecular weight excluding hydrogens is 372 g/mol. The summed E-state index contributed by atoms with van der Waals surface area (Å²) in [6, 6.07) is 0. The van der Waals surface area contributed by atoms with Gasteiger partial charge in [-0.25, -0.2) is 0 Å². The molecule has 0 unspecified atom stereocenters. The minimum absolute atomic E-state index is 0.0559. The van der Waals surface area contributed by atoms with Gasteiger partial charge >= 0.3 is 17.9 Å². The van der Waals surface area contributed by atoms with Gasteiger partial charge in [-0.15, -0.1) is 0 Å². The fourth-order valence-corrected chi connectivity index (χ4v) is 2.66. The second-order valence-corrected chi connectivity index (χ2v) is 6.03. The first-order valence-corrected chi connectivity index (χ1v) is 8.60. The lowest BCUT2D eigenvalue weighted by Gasteiger charge is -2.37. The van der Waals surface area contributed by atoms with Crippen LogP contribution in [0.15, 0.2) is 24.0 Å². The van der Waals surface area contributed by atoms with Crippen LogP contribution in [0.1, 0.15) is 33.6 Å². The van der Waals surface area contributed by atoms with Gasteiger partial charge in [0.25, 0.3) is 0 Å². The van der Waals surface area contributed by atoms with Crippen molar-refractivity contribution in [2.75, 3.05) is 13.7 Å². The third-order valence-electron chi connectivity index (χ3n) is 3.75. The molecule has 0 aromatic heterocycles. The number of rotatable bonds is 10. The summed E-state index contributed by atoms with van der Waals surface area (Å²) in [6.45, 7) is 3.60. The Morgan fingerprint density at radius 3 is 2.25 bits per heavy atom. The number of carbonyl (C=O) groups excluding carboxylic acids is 4. The first-order chi connectivity index (χ1) is 13.1. The quantitative estimate of drug-likeness (QED) is 0.409. The number of nitrogens with two attached hydrogens (primary N) is 1. The van der Waals surface area contributed by atoms with Gasteiger partial charge in [0.1, 0.15) is 6.10 Å². The Labute approximate surface area is 163 Å². The van der Waals surface area contributed by atoms with Crippen LogP contribution >= 0.6 is 0 Å². The third-order valence-corrected chi connectivity index (χ3v) is 3.75. The number of carbonyl (C=O) groups is 4. The molecule has 0 aromatic carbocycles. The lowest BCUT2D eigenvalue weighted by molar-refractivity contribution is -0.188. The van der Waals surface area contributed by atoms with Crippen LogP contribution in [0.25, 0.3) is 0 Å². The van der Waals surface area contributed by atoms with E-state index in [1.807, 2.05) is 0 Å². The number of hydrogen-bond donors (Lipinski definition) is 1. The van der Waals surface area contributed by atoms with E-state index in [2.05, 4.69) is 0 Å². The normalized spacial score (nSPS) is 16.4. The van der Waals surface area contributed by atoms with Crippen molar-refractivity contribution in [3.8, 4) is 0 Å². The van der Waals surface area contributed by atoms with Gasteiger partial charge in [0.05, 0.1) is 6.61 Å². The average molecular weight is 398 g/mol. The molecule has 2 N–H and O–H groups in total. The lowest BCUT2D eigenvalue weighted by Crippen LogP contribution is -2.50. The molecule has 0 spiro atoms. The average Bonchev–Trinajstić information content (AvgIpc) is 2.60. The van der Waals surface area contributed by atoms with Crippen LogP contribution in [0.5, 0.6) is 0 Å². The summed E-state index contributed by atoms with van der Waals surface area (Å²) in [4.78, 5) is 47.2. The van der Waals surface area contributed by atoms with Crippen molar-refractivity contribution in [1.82, 2.24) is 4.90 Å². The number of allylic oxidation sites excluding steroid dienone is 1. The minimum Gasteiger partial charge on any atom is -0.466 e. The molecule has 1 amide bonds. The molecule has 156 valence electrons. The predicted octanol–water partition coefficient (Wildman–Crippen LogP) is 0.364. The first kappa shape index (κ1) is 23.2. The highest BCUT2D eigenvalue weighted by Gasteiger charge is 2.38. The van der Waals surface area contributed by atoms with Crippen LogP contribution in [-0.4, -0.2) is 60.9 Å². The summed E-state index contributed by atoms with van der Waals surface area (Å²) < 4.78 is 21.0. The molecular formula is C18H26N2O8. The molecule has 0 fully saturated rings. The highest BCUT2D eigenvalue weighted by atomic mass is 16.6. The largest absolute Gasteiger partial charge is 0.466 e. The topological polar surface area (TPSA) is 134 Å². The SMILES string of the molecule is CO[C@H]([C@H](OC(C)=O)[C@@H](CCOC(C)=O)OC(C)=O)N1C=CCC(C(N)=O)=C1. The molecule has 1 rings (SSSR count). The van der Waals surface area contributed by atoms with E-state index in [1.165, 1.54) is 39.0 Å². The summed E-state index contributed by atoms with van der Waals surface area (Å²) >= 11 is 0. The summed E-state index contributed by atoms with van der Waals surface area (Å²) in [5.41, 5.74) is 5.66. The fraction of sp³-hybridized carbons (Fsp3) is 0.556. The Balaban J connectivity index is 3.16. The van der Waals surface area contributed by atoms with Crippen LogP contribution in [0.3, 0.4) is 0 Å². The minimum atomic E-state index is -1.07. The van der Waals surface area contributed by atoms with Crippen molar-refractivity contribution in [3.05, 3.63) is 24.0 Å². The van der Waals surface area contributed by atoms with Crippen molar-refractivity contribution in [2.24, 2.45) is 5.73 Å². The number of esters is 3. The molecule has 0 saturated heterocycles. The monoisotopic (exact) mass is 398 g/mol. The van der Waals surface area contributed by atoms with Crippen molar-refractivity contribution in [3.63, 3.8) is 0 Å². The molecule has 28 heavy (non-hydrogen) atoms. The van der Waals surface area contributed by atoms with E-state index >= 15 is 0 Å². The van der Waals surface area contributed by atoms with E-state index in [1.54, 1.807) is 12.3 Å². The van der Waals surface area contributed by atoms with Gasteiger partial charge in [-0.1, -0.05) is 6.08 Å². The van der Waals surface area contributed by atoms with Crippen LogP contribution in [-0.2, 0) is 38.1 Å². The van der Waals surface area contributed by atoms with Crippen LogP contribution in [0, 0.1) is 0 Å². The molecule has 0 radical (unpaired) electrons. The maximum atomic E-state index is 11.7. The second kappa shape index (κ2) is 11.1. The van der Waals surface area contributed by atoms with Crippen molar-refractivity contribution >= 4 is 23.8 Å². The Kier molecular flexibility index (Phi) is 9.16. The summed E-state index contributed by atoms with van der Waals surface area (Å²) in [6.07, 6.45) is 2.24. The smallest absolute Gasteiger partial charge is 0.303 e. The fourth-order valence-electron chi connectivity index (χ4n) is 2.66. The molecule has 0 bridgehead atoms. The van der Waals surface area contributed by atoms with Gasteiger partial charge in [0.2, 0.25) is 5.91 Å². The summed E-state index contributed by atoms with van der Waals surface area (Å²) in [5, 5.41) is 0. The van der Waals surface area contributed by atoms with E-state index in [0.717, 1.165) is 0 Å². The van der Waals surface area contributed by atoms with Crippen molar-refractivity contribution < 1.29 is 38.1 Å². The molecule has 1 aliphatic heterocycles. The molecule has 0 saturated carbocycles. The second-order valence-electron chi connectivity index (χ2n) is 6.03. The van der Waals surface area contributed by atoms with Gasteiger partial charge in [0, 0.05) is 52.3 Å². The molecule has 0 aromatic rings. The number of amides is 1. The van der Waals surface area contributed by atoms with Gasteiger partial charge in [-0.05, 0) is 6.42 Å². The molecule has 1 aliphatic rings. The van der Waals surface area contributed by atoms with E-state index in [-0.39, 0.29) is 13.0 Å². The van der Waals surface area contributed by atoms with Crippen LogP contribution in [0.4, 0.5) is 0 Å². The predicted molar refractivity (Wildman–Crippen MR) is 96.0 cm³/mol. The van der Waals surface area contributed by atoms with E-state index < -0.39 is 42.3 Å². The zero-order valence-corrected chi connectivity index (χ0v) is 16.4. The number of hydrogen-bond acceptors (Lipinski definition) is 9. The highest BCUT2D eigenvalue weighted by Crippen LogP contribution is 2.23. The summed E-state index contributed by atoms with van der Waals surface area (Å²) in [5.74, 6) is -2.33. The van der Waals surface area contributed by atoms with E-state index in [4.69, 9.17) is 24.7 Å². The highest BCUT2D eigenvalue weighted by molar-refractivity contribution is 5.92. The molecule has 0 aliphatic carbocycles. The lowest BCUT2D eigenvalue weighted by atomic mass is 10.1. The van der Waals surface area contributed by atoms with Crippen LogP contribution in [0.2, 0.25) is 0 Å². The van der Waals surface area contributed by atoms with Crippen molar-refractivity contribution in [2.45, 2.75) is 52.0 Å². The number of ether oxygens (including phenoxy) is 4. The number of methoxy groups -OCH3 is 1. The van der Waals surface area contributed by atoms with Gasteiger partial charge in [-0.2, -0.15) is 0 Å². The van der Waals surface area contributed by atoms with Crippen molar-refractivity contribution in [1.29, 1.82) is 0 Å². The molecule has 1 heterocycles. The summed E-state index contributed by atoms with van der Waals surface area (Å²) in [7, 11) is 1.37. The zero-order valence-electron chi connectivity index (χ0n) is 16.4. The first-order valence-electron chi connectivity index (χ1n) is 8.60. The maximum absolute atomic E-state index is 11.7. The standard InChI is InChI=1S/C18H26N2O8/c1-11(21)26-9-7-15(27-12(2)22)16(28-13(3)23)18(25-4)20-8-5-6-14(10-20)17(19)24/h5,8,10,15-16,18H,6-7,9H2,1-4H3,(H2,19,24)/t15-,16-,18-/m1/s1. The Morgan fingerprint density at radius 2 is 1.75 bits per heavy atom. The molecule has 10 nitrogen and oxygen atoms in total. The Hall–Kier alpha value is -2.88. The molecule has 3 atom stereocenters. The van der Waals surface area contributed by atoms with Gasteiger partial charge < -0.3 is 29.6 Å². The van der Waals surface area contributed by atoms with E-state index in [9.17, 15) is 19.2 Å². The maximum Gasteiger partial charge on any atom is 0.303 e. The van der Waals surface area contributed by atoms with E-state index in [0.29, 0.717) is 12.0 Å². The van der Waals surface area contributed by atoms with Gasteiger partial charge in [0.15, 0.2) is 12.3 Å². The van der Waals surface area contributed by atoms with Gasteiger partial charge in [-0.3, -0.25) is 19.2 Å². The Bertz CT molecular complexity index is 658. The molecule has 10 heteroatoms. The van der Waals surface area contributed by atoms with Crippen LogP contribution < -0.4 is 5.73 Å². The zero-order chi connectivity index (χ0) is 21.3. The third kappa shape index (κ3) is 7.39.